The van der Waals surface area contributed by atoms with E-state index in [0.717, 1.165) is 27.7 Å². The smallest absolute Gasteiger partial charge is 0.342 e. The third-order valence-corrected chi connectivity index (χ3v) is 5.09. The molecular weight excluding hydrogens is 390 g/mol. The molecule has 4 rings (SSSR count). The number of ketones is 1. The van der Waals surface area contributed by atoms with Gasteiger partial charge in [0.25, 0.3) is 0 Å². The van der Waals surface area contributed by atoms with Crippen molar-refractivity contribution in [1.29, 1.82) is 0 Å². The highest BCUT2D eigenvalue weighted by Crippen LogP contribution is 2.24. The van der Waals surface area contributed by atoms with Crippen molar-refractivity contribution in [3.05, 3.63) is 101 Å². The van der Waals surface area contributed by atoms with Gasteiger partial charge in [-0.2, -0.15) is 0 Å². The lowest BCUT2D eigenvalue weighted by atomic mass is 10.1. The number of benzene rings is 3. The number of carbonyl (C=O) groups excluding carboxylic acids is 2. The van der Waals surface area contributed by atoms with Crippen molar-refractivity contribution in [2.24, 2.45) is 0 Å². The molecule has 0 radical (unpaired) electrons. The first-order valence-corrected chi connectivity index (χ1v) is 10.1. The molecule has 1 aromatic heterocycles. The number of hydrogen-bond donors (Lipinski definition) is 1. The topological polar surface area (TPSA) is 68.4 Å². The summed E-state index contributed by atoms with van der Waals surface area (Å²) in [6.45, 7) is 3.85. The minimum Gasteiger partial charge on any atom is -0.488 e. The van der Waals surface area contributed by atoms with Crippen LogP contribution in [0.1, 0.15) is 37.5 Å². The summed E-state index contributed by atoms with van der Waals surface area (Å²) < 4.78 is 11.2. The average molecular weight is 413 g/mol. The molecule has 0 saturated carbocycles. The van der Waals surface area contributed by atoms with Crippen LogP contribution >= 0.6 is 0 Å². The summed E-state index contributed by atoms with van der Waals surface area (Å²) in [5, 5.41) is 0.822. The number of nitrogens with one attached hydrogen (secondary N) is 1. The summed E-state index contributed by atoms with van der Waals surface area (Å²) in [5.41, 5.74) is 4.62. The summed E-state index contributed by atoms with van der Waals surface area (Å²) >= 11 is 0. The lowest BCUT2D eigenvalue weighted by molar-refractivity contribution is 0.0470. The van der Waals surface area contributed by atoms with Gasteiger partial charge in [-0.15, -0.1) is 0 Å². The Morgan fingerprint density at radius 3 is 2.52 bits per heavy atom. The fraction of sp³-hybridized carbons (Fsp3) is 0.154. The summed E-state index contributed by atoms with van der Waals surface area (Å²) in [7, 11) is 0. The Bertz CT molecular complexity index is 1260. The Morgan fingerprint density at radius 1 is 0.903 bits per heavy atom. The second-order valence-corrected chi connectivity index (χ2v) is 7.44. The Labute approximate surface area is 180 Å². The van der Waals surface area contributed by atoms with E-state index in [-0.39, 0.29) is 12.4 Å². The van der Waals surface area contributed by atoms with Gasteiger partial charge in [0.05, 0.1) is 0 Å². The first-order valence-electron chi connectivity index (χ1n) is 10.1. The van der Waals surface area contributed by atoms with E-state index in [4.69, 9.17) is 9.47 Å². The van der Waals surface area contributed by atoms with E-state index in [1.54, 1.807) is 24.3 Å². The van der Waals surface area contributed by atoms with Gasteiger partial charge in [-0.3, -0.25) is 4.79 Å². The van der Waals surface area contributed by atoms with Gasteiger partial charge in [0.15, 0.2) is 6.61 Å². The number of para-hydroxylation sites is 2. The van der Waals surface area contributed by atoms with Gasteiger partial charge >= 0.3 is 5.97 Å². The largest absolute Gasteiger partial charge is 0.488 e. The SMILES string of the molecule is Cc1cccc(COc2ccccc2C(=O)OCC(=O)c2c(C)[nH]c3ccccc23)c1. The number of fused-ring (bicyclic) bond motifs is 1. The number of Topliss-reactive ketones (excluding diaryl/α,β-unsaturated/α-hetero) is 1. The third kappa shape index (κ3) is 4.51. The fourth-order valence-corrected chi connectivity index (χ4v) is 3.64. The van der Waals surface area contributed by atoms with Crippen LogP contribution in [0.25, 0.3) is 10.9 Å². The molecule has 31 heavy (non-hydrogen) atoms. The molecule has 4 aromatic rings. The minimum atomic E-state index is -0.592. The standard InChI is InChI=1S/C26H23NO4/c1-17-8-7-9-19(14-17)15-30-24-13-6-4-11-21(24)26(29)31-16-23(28)25-18(2)27-22-12-5-3-10-20(22)25/h3-14,27H,15-16H2,1-2H3. The van der Waals surface area contributed by atoms with Crippen molar-refractivity contribution in [2.45, 2.75) is 20.5 Å². The molecule has 0 aliphatic carbocycles. The number of aromatic amines is 1. The summed E-state index contributed by atoms with van der Waals surface area (Å²) in [5.74, 6) is -0.420. The van der Waals surface area contributed by atoms with Crippen molar-refractivity contribution in [1.82, 2.24) is 4.98 Å². The van der Waals surface area contributed by atoms with Crippen molar-refractivity contribution in [3.63, 3.8) is 0 Å². The molecule has 0 amide bonds. The maximum atomic E-state index is 12.8. The van der Waals surface area contributed by atoms with E-state index in [1.165, 1.54) is 0 Å². The zero-order valence-electron chi connectivity index (χ0n) is 17.5. The Hall–Kier alpha value is -3.86. The van der Waals surface area contributed by atoms with Gasteiger partial charge in [-0.25, -0.2) is 4.79 Å². The monoisotopic (exact) mass is 413 g/mol. The van der Waals surface area contributed by atoms with E-state index in [0.29, 0.717) is 23.5 Å². The molecule has 0 unspecified atom stereocenters. The van der Waals surface area contributed by atoms with Crippen molar-refractivity contribution >= 4 is 22.7 Å². The van der Waals surface area contributed by atoms with E-state index in [2.05, 4.69) is 4.98 Å². The molecule has 0 aliphatic heterocycles. The number of rotatable bonds is 7. The van der Waals surface area contributed by atoms with Gasteiger partial charge < -0.3 is 14.5 Å². The summed E-state index contributed by atoms with van der Waals surface area (Å²) in [6.07, 6.45) is 0. The number of esters is 1. The van der Waals surface area contributed by atoms with Crippen LogP contribution in [0.2, 0.25) is 0 Å². The van der Waals surface area contributed by atoms with Crippen LogP contribution in [-0.2, 0) is 11.3 Å². The molecule has 0 spiro atoms. The van der Waals surface area contributed by atoms with Crippen LogP contribution in [0, 0.1) is 13.8 Å². The number of hydrogen-bond acceptors (Lipinski definition) is 4. The molecule has 156 valence electrons. The molecular formula is C26H23NO4. The van der Waals surface area contributed by atoms with Gasteiger partial charge in [0, 0.05) is 22.2 Å². The summed E-state index contributed by atoms with van der Waals surface area (Å²) in [4.78, 5) is 28.7. The van der Waals surface area contributed by atoms with Crippen molar-refractivity contribution in [2.75, 3.05) is 6.61 Å². The van der Waals surface area contributed by atoms with Gasteiger partial charge in [0.1, 0.15) is 17.9 Å². The lowest BCUT2D eigenvalue weighted by Crippen LogP contribution is -2.15. The maximum Gasteiger partial charge on any atom is 0.342 e. The highest BCUT2D eigenvalue weighted by molar-refractivity contribution is 6.10. The molecule has 5 nitrogen and oxygen atoms in total. The highest BCUT2D eigenvalue weighted by Gasteiger charge is 2.19. The van der Waals surface area contributed by atoms with Crippen LogP contribution < -0.4 is 4.74 Å². The Balaban J connectivity index is 1.45. The van der Waals surface area contributed by atoms with E-state index in [9.17, 15) is 9.59 Å². The molecule has 1 heterocycles. The van der Waals surface area contributed by atoms with Crippen LogP contribution in [0.4, 0.5) is 0 Å². The molecule has 0 atom stereocenters. The van der Waals surface area contributed by atoms with Crippen molar-refractivity contribution in [3.8, 4) is 5.75 Å². The quantitative estimate of drug-likeness (QED) is 0.325. The zero-order chi connectivity index (χ0) is 21.8. The normalized spacial score (nSPS) is 10.8. The number of H-pyrrole nitrogens is 1. The highest BCUT2D eigenvalue weighted by atomic mass is 16.5. The lowest BCUT2D eigenvalue weighted by Gasteiger charge is -2.11. The zero-order valence-corrected chi connectivity index (χ0v) is 17.5. The van der Waals surface area contributed by atoms with Gasteiger partial charge in [-0.05, 0) is 37.6 Å². The molecule has 0 aliphatic rings. The maximum absolute atomic E-state index is 12.8. The number of aryl methyl sites for hydroxylation is 2. The molecule has 0 bridgehead atoms. The van der Waals surface area contributed by atoms with Crippen molar-refractivity contribution < 1.29 is 19.1 Å². The van der Waals surface area contributed by atoms with Crippen LogP contribution in [0.15, 0.2) is 72.8 Å². The molecule has 3 aromatic carbocycles. The Morgan fingerprint density at radius 2 is 1.68 bits per heavy atom. The van der Waals surface area contributed by atoms with Crippen LogP contribution in [0.5, 0.6) is 5.75 Å². The second-order valence-electron chi connectivity index (χ2n) is 7.44. The number of carbonyl (C=O) groups is 2. The predicted octanol–water partition coefficient (Wildman–Crippen LogP) is 5.40. The van der Waals surface area contributed by atoms with E-state index < -0.39 is 5.97 Å². The van der Waals surface area contributed by atoms with E-state index >= 15 is 0 Å². The third-order valence-electron chi connectivity index (χ3n) is 5.09. The summed E-state index contributed by atoms with van der Waals surface area (Å²) in [6, 6.07) is 22.4. The van der Waals surface area contributed by atoms with Crippen LogP contribution in [-0.4, -0.2) is 23.3 Å². The molecule has 0 saturated heterocycles. The predicted molar refractivity (Wildman–Crippen MR) is 120 cm³/mol. The molecule has 5 heteroatoms. The average Bonchev–Trinajstić information content (AvgIpc) is 3.12. The molecule has 0 fully saturated rings. The van der Waals surface area contributed by atoms with Gasteiger partial charge in [-0.1, -0.05) is 60.2 Å². The number of aromatic nitrogens is 1. The second kappa shape index (κ2) is 8.88. The number of ether oxygens (including phenoxy) is 2. The Kier molecular flexibility index (Phi) is 5.85. The fourth-order valence-electron chi connectivity index (χ4n) is 3.64. The first kappa shape index (κ1) is 20.4. The molecule has 1 N–H and O–H groups in total. The minimum absolute atomic E-state index is 0.249. The van der Waals surface area contributed by atoms with Crippen LogP contribution in [0.3, 0.4) is 0 Å². The van der Waals surface area contributed by atoms with E-state index in [1.807, 2.05) is 62.4 Å². The van der Waals surface area contributed by atoms with Gasteiger partial charge in [0.2, 0.25) is 5.78 Å². The first-order chi connectivity index (χ1) is 15.0.